The van der Waals surface area contributed by atoms with Gasteiger partial charge in [0.05, 0.1) is 0 Å². The molecule has 2 aromatic heterocycles. The van der Waals surface area contributed by atoms with Gasteiger partial charge < -0.3 is 18.4 Å². The van der Waals surface area contributed by atoms with Crippen molar-refractivity contribution in [3.8, 4) is 34.3 Å². The Labute approximate surface area is 157 Å². The smallest absolute Gasteiger partial charge is 0.247 e. The zero-order valence-corrected chi connectivity index (χ0v) is 14.5. The van der Waals surface area contributed by atoms with Crippen molar-refractivity contribution in [1.29, 1.82) is 0 Å². The van der Waals surface area contributed by atoms with E-state index in [1.54, 1.807) is 12.1 Å². The maximum atomic E-state index is 5.89. The lowest BCUT2D eigenvalue weighted by Gasteiger charge is -1.97. The second-order valence-corrected chi connectivity index (χ2v) is 6.20. The van der Waals surface area contributed by atoms with Crippen molar-refractivity contribution in [2.45, 2.75) is 6.42 Å². The number of benzene rings is 2. The van der Waals surface area contributed by atoms with Crippen LogP contribution in [0, 0.1) is 0 Å². The summed E-state index contributed by atoms with van der Waals surface area (Å²) in [4.78, 5) is 4.38. The Kier molecular flexibility index (Phi) is 3.75. The highest BCUT2D eigenvalue weighted by Gasteiger charge is 2.18. The number of aromatic nitrogens is 4. The van der Waals surface area contributed by atoms with Crippen molar-refractivity contribution in [3.63, 3.8) is 0 Å². The van der Waals surface area contributed by atoms with Gasteiger partial charge >= 0.3 is 0 Å². The average molecular weight is 383 g/mol. The minimum Gasteiger partial charge on any atom is -0.454 e. The van der Waals surface area contributed by atoms with Crippen molar-refractivity contribution in [2.24, 2.45) is 0 Å². The molecule has 0 bridgehead atoms. The molecule has 2 aromatic carbocycles. The molecular formula is C18H11ClN4O4. The van der Waals surface area contributed by atoms with E-state index in [0.717, 1.165) is 11.1 Å². The summed E-state index contributed by atoms with van der Waals surface area (Å²) in [5, 5.41) is 12.7. The van der Waals surface area contributed by atoms with Crippen molar-refractivity contribution in [2.75, 3.05) is 6.79 Å². The first-order valence-electron chi connectivity index (χ1n) is 8.05. The summed E-state index contributed by atoms with van der Waals surface area (Å²) in [5.74, 6) is 2.94. The molecule has 5 rings (SSSR count). The third-order valence-electron chi connectivity index (χ3n) is 3.96. The van der Waals surface area contributed by atoms with E-state index >= 15 is 0 Å². The SMILES string of the molecule is Clc1ccc(-c2nnc(Cc3nc(-c4ccc5c(c4)OCO5)no3)o2)cc1. The van der Waals surface area contributed by atoms with Crippen LogP contribution in [0.2, 0.25) is 5.02 Å². The maximum absolute atomic E-state index is 5.89. The molecule has 9 heteroatoms. The highest BCUT2D eigenvalue weighted by atomic mass is 35.5. The van der Waals surface area contributed by atoms with Crippen LogP contribution in [0.1, 0.15) is 11.8 Å². The number of ether oxygens (including phenoxy) is 2. The van der Waals surface area contributed by atoms with Crippen LogP contribution in [0.5, 0.6) is 11.5 Å². The molecule has 0 radical (unpaired) electrons. The molecule has 0 saturated carbocycles. The van der Waals surface area contributed by atoms with Gasteiger partial charge in [-0.3, -0.25) is 0 Å². The first kappa shape index (κ1) is 15.8. The molecule has 3 heterocycles. The average Bonchev–Trinajstić information content (AvgIpc) is 3.42. The van der Waals surface area contributed by atoms with Gasteiger partial charge in [-0.1, -0.05) is 16.8 Å². The Hall–Kier alpha value is -3.39. The van der Waals surface area contributed by atoms with Crippen molar-refractivity contribution >= 4 is 11.6 Å². The molecule has 0 spiro atoms. The topological polar surface area (TPSA) is 96.3 Å². The Morgan fingerprint density at radius 3 is 2.59 bits per heavy atom. The highest BCUT2D eigenvalue weighted by molar-refractivity contribution is 6.30. The summed E-state index contributed by atoms with van der Waals surface area (Å²) in [5.41, 5.74) is 1.55. The van der Waals surface area contributed by atoms with Gasteiger partial charge in [-0.25, -0.2) is 0 Å². The summed E-state index contributed by atoms with van der Waals surface area (Å²) in [6.45, 7) is 0.212. The van der Waals surface area contributed by atoms with Crippen LogP contribution in [0.25, 0.3) is 22.8 Å². The van der Waals surface area contributed by atoms with Crippen LogP contribution in [0.3, 0.4) is 0 Å². The fraction of sp³-hybridized carbons (Fsp3) is 0.111. The monoisotopic (exact) mass is 382 g/mol. The lowest BCUT2D eigenvalue weighted by atomic mass is 10.2. The minimum atomic E-state index is 0.212. The minimum absolute atomic E-state index is 0.212. The number of fused-ring (bicyclic) bond motifs is 1. The van der Waals surface area contributed by atoms with Crippen LogP contribution in [0.4, 0.5) is 0 Å². The van der Waals surface area contributed by atoms with Crippen molar-refractivity contribution < 1.29 is 18.4 Å². The molecule has 0 N–H and O–H groups in total. The predicted molar refractivity (Wildman–Crippen MR) is 93.4 cm³/mol. The molecule has 0 unspecified atom stereocenters. The largest absolute Gasteiger partial charge is 0.454 e. The molecule has 1 aliphatic heterocycles. The Bertz CT molecular complexity index is 1110. The summed E-state index contributed by atoms with van der Waals surface area (Å²) in [6.07, 6.45) is 0.234. The number of hydrogen-bond donors (Lipinski definition) is 0. The first-order chi connectivity index (χ1) is 13.2. The second kappa shape index (κ2) is 6.40. The van der Waals surface area contributed by atoms with E-state index in [1.165, 1.54) is 0 Å². The maximum Gasteiger partial charge on any atom is 0.247 e. The molecule has 0 amide bonds. The van der Waals surface area contributed by atoms with Gasteiger partial charge in [0.15, 0.2) is 11.5 Å². The molecule has 0 fully saturated rings. The van der Waals surface area contributed by atoms with E-state index in [2.05, 4.69) is 20.3 Å². The summed E-state index contributed by atoms with van der Waals surface area (Å²) >= 11 is 5.89. The lowest BCUT2D eigenvalue weighted by molar-refractivity contribution is 0.174. The molecule has 27 heavy (non-hydrogen) atoms. The normalized spacial score (nSPS) is 12.5. The fourth-order valence-electron chi connectivity index (χ4n) is 2.64. The molecule has 8 nitrogen and oxygen atoms in total. The Balaban J connectivity index is 1.34. The van der Waals surface area contributed by atoms with E-state index in [4.69, 9.17) is 30.0 Å². The third kappa shape index (κ3) is 3.11. The fourth-order valence-corrected chi connectivity index (χ4v) is 2.77. The quantitative estimate of drug-likeness (QED) is 0.526. The zero-order chi connectivity index (χ0) is 18.2. The van der Waals surface area contributed by atoms with E-state index in [1.807, 2.05) is 30.3 Å². The number of rotatable bonds is 4. The van der Waals surface area contributed by atoms with E-state index < -0.39 is 0 Å². The van der Waals surface area contributed by atoms with Crippen LogP contribution in [0.15, 0.2) is 51.4 Å². The Morgan fingerprint density at radius 2 is 1.70 bits per heavy atom. The van der Waals surface area contributed by atoms with Crippen LogP contribution in [-0.4, -0.2) is 27.1 Å². The molecule has 134 valence electrons. The van der Waals surface area contributed by atoms with Crippen LogP contribution in [-0.2, 0) is 6.42 Å². The van der Waals surface area contributed by atoms with Gasteiger partial charge in [-0.05, 0) is 42.5 Å². The molecule has 0 atom stereocenters. The van der Waals surface area contributed by atoms with Gasteiger partial charge in [-0.2, -0.15) is 4.98 Å². The molecular weight excluding hydrogens is 372 g/mol. The van der Waals surface area contributed by atoms with Crippen LogP contribution >= 0.6 is 11.6 Å². The Morgan fingerprint density at radius 1 is 0.889 bits per heavy atom. The lowest BCUT2D eigenvalue weighted by Crippen LogP contribution is -1.92. The van der Waals surface area contributed by atoms with Gasteiger partial charge in [0, 0.05) is 16.1 Å². The van der Waals surface area contributed by atoms with Gasteiger partial charge in [0.1, 0.15) is 6.42 Å². The highest BCUT2D eigenvalue weighted by Crippen LogP contribution is 2.35. The number of halogens is 1. The number of hydrogen-bond acceptors (Lipinski definition) is 8. The second-order valence-electron chi connectivity index (χ2n) is 5.76. The zero-order valence-electron chi connectivity index (χ0n) is 13.8. The number of nitrogens with zero attached hydrogens (tertiary/aromatic N) is 4. The van der Waals surface area contributed by atoms with Crippen molar-refractivity contribution in [1.82, 2.24) is 20.3 Å². The molecule has 0 aliphatic carbocycles. The standard InChI is InChI=1S/C18H11ClN4O4/c19-12-4-1-10(2-5-12)18-22-21-16(26-18)8-15-20-17(23-27-15)11-3-6-13-14(7-11)25-9-24-13/h1-7H,8-9H2. The summed E-state index contributed by atoms with van der Waals surface area (Å²) in [6, 6.07) is 12.6. The predicted octanol–water partition coefficient (Wildman–Crippen LogP) is 3.76. The first-order valence-corrected chi connectivity index (χ1v) is 8.43. The summed E-state index contributed by atoms with van der Waals surface area (Å²) < 4.78 is 21.6. The molecule has 4 aromatic rings. The van der Waals surface area contributed by atoms with E-state index in [-0.39, 0.29) is 13.2 Å². The van der Waals surface area contributed by atoms with Gasteiger partial charge in [-0.15, -0.1) is 10.2 Å². The van der Waals surface area contributed by atoms with Crippen LogP contribution < -0.4 is 9.47 Å². The van der Waals surface area contributed by atoms with E-state index in [9.17, 15) is 0 Å². The third-order valence-corrected chi connectivity index (χ3v) is 4.21. The summed E-state index contributed by atoms with van der Waals surface area (Å²) in [7, 11) is 0. The molecule has 1 aliphatic rings. The van der Waals surface area contributed by atoms with Crippen molar-refractivity contribution in [3.05, 3.63) is 59.3 Å². The van der Waals surface area contributed by atoms with Gasteiger partial charge in [0.25, 0.3) is 0 Å². The van der Waals surface area contributed by atoms with Gasteiger partial charge in [0.2, 0.25) is 30.3 Å². The van der Waals surface area contributed by atoms with E-state index in [0.29, 0.717) is 40.0 Å². The molecule has 0 saturated heterocycles.